The third-order valence-electron chi connectivity index (χ3n) is 2.31. The van der Waals surface area contributed by atoms with Gasteiger partial charge < -0.3 is 0 Å². The highest BCUT2D eigenvalue weighted by atomic mass is 35.5. The quantitative estimate of drug-likeness (QED) is 0.547. The minimum atomic E-state index is -4.37. The van der Waals surface area contributed by atoms with E-state index in [0.29, 0.717) is 16.5 Å². The van der Waals surface area contributed by atoms with Gasteiger partial charge in [-0.05, 0) is 24.3 Å². The number of hydrogen-bond acceptors (Lipinski definition) is 1. The van der Waals surface area contributed by atoms with E-state index in [0.717, 1.165) is 12.1 Å². The molecule has 6 heteroatoms. The van der Waals surface area contributed by atoms with Crippen molar-refractivity contribution in [3.8, 4) is 0 Å². The van der Waals surface area contributed by atoms with Crippen molar-refractivity contribution in [1.82, 2.24) is 4.98 Å². The van der Waals surface area contributed by atoms with E-state index < -0.39 is 11.7 Å². The average molecular weight is 280 g/mol. The standard InChI is InChI=1S/C11H6Cl2F3N/c12-5-7-3-6-4-8(11(14,15)16)1-2-9(6)17-10(7)13/h1-4H,5H2. The van der Waals surface area contributed by atoms with Crippen molar-refractivity contribution in [3.63, 3.8) is 0 Å². The zero-order valence-corrected chi connectivity index (χ0v) is 9.87. The summed E-state index contributed by atoms with van der Waals surface area (Å²) in [6, 6.07) is 4.83. The van der Waals surface area contributed by atoms with E-state index in [9.17, 15) is 13.2 Å². The molecule has 0 amide bonds. The fourth-order valence-corrected chi connectivity index (χ4v) is 1.95. The molecule has 0 unspecified atom stereocenters. The van der Waals surface area contributed by atoms with Gasteiger partial charge in [0.1, 0.15) is 5.15 Å². The van der Waals surface area contributed by atoms with Crippen LogP contribution in [0.25, 0.3) is 10.9 Å². The normalized spacial score (nSPS) is 12.1. The fourth-order valence-electron chi connectivity index (χ4n) is 1.47. The van der Waals surface area contributed by atoms with E-state index in [2.05, 4.69) is 4.98 Å². The average Bonchev–Trinajstić information content (AvgIpc) is 2.26. The third kappa shape index (κ3) is 2.48. The number of nitrogens with zero attached hydrogens (tertiary/aromatic N) is 1. The maximum atomic E-state index is 12.5. The lowest BCUT2D eigenvalue weighted by molar-refractivity contribution is -0.137. The SMILES string of the molecule is FC(F)(F)c1ccc2nc(Cl)c(CCl)cc2c1. The first-order chi connectivity index (χ1) is 7.91. The van der Waals surface area contributed by atoms with Crippen molar-refractivity contribution < 1.29 is 13.2 Å². The van der Waals surface area contributed by atoms with E-state index in [1.807, 2.05) is 0 Å². The largest absolute Gasteiger partial charge is 0.416 e. The molecule has 0 bridgehead atoms. The van der Waals surface area contributed by atoms with Crippen LogP contribution < -0.4 is 0 Å². The molecule has 2 rings (SSSR count). The van der Waals surface area contributed by atoms with Crippen LogP contribution in [0.3, 0.4) is 0 Å². The monoisotopic (exact) mass is 279 g/mol. The minimum absolute atomic E-state index is 0.109. The first kappa shape index (κ1) is 12.5. The zero-order chi connectivity index (χ0) is 12.6. The molecule has 17 heavy (non-hydrogen) atoms. The molecule has 0 N–H and O–H groups in total. The second kappa shape index (κ2) is 4.35. The van der Waals surface area contributed by atoms with Crippen molar-refractivity contribution >= 4 is 34.1 Å². The summed E-state index contributed by atoms with van der Waals surface area (Å²) in [6.45, 7) is 0. The first-order valence-electron chi connectivity index (χ1n) is 4.64. The Morgan fingerprint density at radius 2 is 1.88 bits per heavy atom. The predicted octanol–water partition coefficient (Wildman–Crippen LogP) is 4.65. The fraction of sp³-hybridized carbons (Fsp3) is 0.182. The smallest absolute Gasteiger partial charge is 0.236 e. The molecule has 0 saturated heterocycles. The molecular formula is C11H6Cl2F3N. The molecule has 0 aliphatic heterocycles. The first-order valence-corrected chi connectivity index (χ1v) is 5.55. The number of alkyl halides is 4. The highest BCUT2D eigenvalue weighted by Gasteiger charge is 2.30. The van der Waals surface area contributed by atoms with Gasteiger partial charge in [0.2, 0.25) is 0 Å². The van der Waals surface area contributed by atoms with Crippen molar-refractivity contribution in [2.24, 2.45) is 0 Å². The van der Waals surface area contributed by atoms with Gasteiger partial charge in [-0.3, -0.25) is 0 Å². The van der Waals surface area contributed by atoms with Crippen LogP contribution in [0.15, 0.2) is 24.3 Å². The number of aromatic nitrogens is 1. The van der Waals surface area contributed by atoms with Crippen LogP contribution in [0.2, 0.25) is 5.15 Å². The molecule has 90 valence electrons. The van der Waals surface area contributed by atoms with Gasteiger partial charge in [0.25, 0.3) is 0 Å². The van der Waals surface area contributed by atoms with Gasteiger partial charge in [0.05, 0.1) is 17.0 Å². The summed E-state index contributed by atoms with van der Waals surface area (Å²) >= 11 is 11.4. The number of benzene rings is 1. The molecule has 0 aliphatic carbocycles. The van der Waals surface area contributed by atoms with Crippen LogP contribution in [0.5, 0.6) is 0 Å². The Bertz CT molecular complexity index is 566. The Kier molecular flexibility index (Phi) is 3.19. The van der Waals surface area contributed by atoms with Gasteiger partial charge in [-0.15, -0.1) is 11.6 Å². The molecule has 1 aromatic heterocycles. The Balaban J connectivity index is 2.65. The maximum absolute atomic E-state index is 12.5. The van der Waals surface area contributed by atoms with Gasteiger partial charge in [0, 0.05) is 10.9 Å². The summed E-state index contributed by atoms with van der Waals surface area (Å²) in [5, 5.41) is 0.590. The molecule has 0 fully saturated rings. The lowest BCUT2D eigenvalue weighted by atomic mass is 10.1. The van der Waals surface area contributed by atoms with E-state index >= 15 is 0 Å². The van der Waals surface area contributed by atoms with Gasteiger partial charge in [0.15, 0.2) is 0 Å². The van der Waals surface area contributed by atoms with Crippen LogP contribution in [0.1, 0.15) is 11.1 Å². The molecule has 0 saturated carbocycles. The van der Waals surface area contributed by atoms with Crippen molar-refractivity contribution in [2.45, 2.75) is 12.1 Å². The highest BCUT2D eigenvalue weighted by Crippen LogP contribution is 2.32. The zero-order valence-electron chi connectivity index (χ0n) is 8.35. The third-order valence-corrected chi connectivity index (χ3v) is 2.93. The Hall–Kier alpha value is -1.00. The van der Waals surface area contributed by atoms with E-state index in [-0.39, 0.29) is 11.0 Å². The lowest BCUT2D eigenvalue weighted by Crippen LogP contribution is -2.04. The van der Waals surface area contributed by atoms with Crippen LogP contribution in [-0.2, 0) is 12.1 Å². The van der Waals surface area contributed by atoms with E-state index in [4.69, 9.17) is 23.2 Å². The molecular weight excluding hydrogens is 274 g/mol. The summed E-state index contributed by atoms with van der Waals surface area (Å²) in [4.78, 5) is 3.98. The topological polar surface area (TPSA) is 12.9 Å². The Labute approximate surface area is 105 Å². The molecule has 1 heterocycles. The number of rotatable bonds is 1. The van der Waals surface area contributed by atoms with Gasteiger partial charge >= 0.3 is 6.18 Å². The molecule has 1 aromatic carbocycles. The second-order valence-corrected chi connectivity index (χ2v) is 4.10. The highest BCUT2D eigenvalue weighted by molar-refractivity contribution is 6.31. The van der Waals surface area contributed by atoms with Crippen molar-refractivity contribution in [1.29, 1.82) is 0 Å². The number of fused-ring (bicyclic) bond motifs is 1. The van der Waals surface area contributed by atoms with Crippen LogP contribution in [-0.4, -0.2) is 4.98 Å². The number of pyridine rings is 1. The summed E-state index contributed by atoms with van der Waals surface area (Å²) < 4.78 is 37.5. The number of hydrogen-bond donors (Lipinski definition) is 0. The Morgan fingerprint density at radius 1 is 1.18 bits per heavy atom. The minimum Gasteiger partial charge on any atom is -0.236 e. The van der Waals surface area contributed by atoms with Gasteiger partial charge in [-0.25, -0.2) is 4.98 Å². The summed E-state index contributed by atoms with van der Waals surface area (Å²) in [5.41, 5.74) is 0.215. The molecule has 1 nitrogen and oxygen atoms in total. The van der Waals surface area contributed by atoms with E-state index in [1.165, 1.54) is 12.1 Å². The lowest BCUT2D eigenvalue weighted by Gasteiger charge is -2.08. The predicted molar refractivity (Wildman–Crippen MR) is 61.3 cm³/mol. The van der Waals surface area contributed by atoms with Gasteiger partial charge in [-0.2, -0.15) is 13.2 Å². The van der Waals surface area contributed by atoms with E-state index in [1.54, 1.807) is 0 Å². The maximum Gasteiger partial charge on any atom is 0.416 e. The van der Waals surface area contributed by atoms with Crippen LogP contribution in [0.4, 0.5) is 13.2 Å². The summed E-state index contributed by atoms with van der Waals surface area (Å²) in [7, 11) is 0. The summed E-state index contributed by atoms with van der Waals surface area (Å²) in [5.74, 6) is 0.109. The van der Waals surface area contributed by atoms with Crippen LogP contribution >= 0.6 is 23.2 Å². The van der Waals surface area contributed by atoms with Crippen LogP contribution in [0, 0.1) is 0 Å². The summed E-state index contributed by atoms with van der Waals surface area (Å²) in [6.07, 6.45) is -4.37. The second-order valence-electron chi connectivity index (χ2n) is 3.48. The molecule has 0 spiro atoms. The van der Waals surface area contributed by atoms with Crippen molar-refractivity contribution in [3.05, 3.63) is 40.5 Å². The van der Waals surface area contributed by atoms with Crippen molar-refractivity contribution in [2.75, 3.05) is 0 Å². The number of halogens is 5. The molecule has 2 aromatic rings. The van der Waals surface area contributed by atoms with Gasteiger partial charge in [-0.1, -0.05) is 11.6 Å². The Morgan fingerprint density at radius 3 is 2.47 bits per heavy atom. The molecule has 0 atom stereocenters. The molecule has 0 aliphatic rings. The molecule has 0 radical (unpaired) electrons.